The van der Waals surface area contributed by atoms with E-state index in [0.717, 1.165) is 35.5 Å². The van der Waals surface area contributed by atoms with E-state index in [-0.39, 0.29) is 16.9 Å². The van der Waals surface area contributed by atoms with Gasteiger partial charge in [0.2, 0.25) is 0 Å². The van der Waals surface area contributed by atoms with Crippen LogP contribution < -0.4 is 9.46 Å². The SMILES string of the molecule is O=C(O)c1ncsc1S(=O)(=O)NCc1ccc(OC2CCCC2)cc1. The summed E-state index contributed by atoms with van der Waals surface area (Å²) >= 11 is 0.778. The molecule has 1 aromatic carbocycles. The summed E-state index contributed by atoms with van der Waals surface area (Å²) in [5.41, 5.74) is 1.49. The number of ether oxygens (including phenoxy) is 1. The average molecular weight is 382 g/mol. The number of nitrogens with one attached hydrogen (secondary N) is 1. The quantitative estimate of drug-likeness (QED) is 0.763. The molecular weight excluding hydrogens is 364 g/mol. The van der Waals surface area contributed by atoms with E-state index in [0.29, 0.717) is 0 Å². The zero-order valence-corrected chi connectivity index (χ0v) is 15.0. The molecule has 2 aromatic rings. The Morgan fingerprint density at radius 2 is 1.96 bits per heavy atom. The first-order chi connectivity index (χ1) is 12.0. The number of hydrogen-bond donors (Lipinski definition) is 2. The van der Waals surface area contributed by atoms with Crippen LogP contribution in [0.25, 0.3) is 0 Å². The normalized spacial score (nSPS) is 15.4. The lowest BCUT2D eigenvalue weighted by atomic mass is 10.2. The van der Waals surface area contributed by atoms with Gasteiger partial charge in [-0.25, -0.2) is 22.9 Å². The van der Waals surface area contributed by atoms with Crippen LogP contribution in [0.3, 0.4) is 0 Å². The second-order valence-corrected chi connectivity index (χ2v) is 8.60. The maximum absolute atomic E-state index is 12.3. The lowest BCUT2D eigenvalue weighted by molar-refractivity contribution is 0.0687. The molecule has 1 saturated carbocycles. The Balaban J connectivity index is 1.62. The maximum Gasteiger partial charge on any atom is 0.356 e. The predicted molar refractivity (Wildman–Crippen MR) is 92.4 cm³/mol. The number of carboxylic acids is 1. The molecule has 1 aliphatic rings. The number of aromatic nitrogens is 1. The molecule has 0 radical (unpaired) electrons. The fourth-order valence-corrected chi connectivity index (χ4v) is 4.90. The van der Waals surface area contributed by atoms with E-state index in [1.807, 2.05) is 12.1 Å². The molecular formula is C16H18N2O5S2. The summed E-state index contributed by atoms with van der Waals surface area (Å²) < 4.78 is 32.5. The Morgan fingerprint density at radius 3 is 2.60 bits per heavy atom. The third-order valence-electron chi connectivity index (χ3n) is 3.98. The Kier molecular flexibility index (Phi) is 5.36. The second kappa shape index (κ2) is 7.51. The highest BCUT2D eigenvalue weighted by molar-refractivity contribution is 7.91. The molecule has 0 atom stereocenters. The number of rotatable bonds is 7. The zero-order valence-electron chi connectivity index (χ0n) is 13.3. The van der Waals surface area contributed by atoms with E-state index in [1.165, 1.54) is 18.4 Å². The monoisotopic (exact) mass is 382 g/mol. The smallest absolute Gasteiger partial charge is 0.356 e. The second-order valence-electron chi connectivity index (χ2n) is 5.79. The summed E-state index contributed by atoms with van der Waals surface area (Å²) in [6.45, 7) is 0.0585. The van der Waals surface area contributed by atoms with E-state index < -0.39 is 21.7 Å². The van der Waals surface area contributed by atoms with Crippen molar-refractivity contribution >= 4 is 27.3 Å². The highest BCUT2D eigenvalue weighted by Gasteiger charge is 2.25. The number of benzene rings is 1. The van der Waals surface area contributed by atoms with Crippen molar-refractivity contribution in [2.45, 2.75) is 42.5 Å². The first-order valence-electron chi connectivity index (χ1n) is 7.88. The Hall–Kier alpha value is -1.97. The number of thiazole rings is 1. The molecule has 0 unspecified atom stereocenters. The van der Waals surface area contributed by atoms with Crippen LogP contribution in [0.15, 0.2) is 34.0 Å². The fourth-order valence-electron chi connectivity index (χ4n) is 2.70. The van der Waals surface area contributed by atoms with Gasteiger partial charge in [0.15, 0.2) is 9.90 Å². The van der Waals surface area contributed by atoms with Gasteiger partial charge in [0, 0.05) is 6.54 Å². The number of aromatic carboxylic acids is 1. The molecule has 0 saturated heterocycles. The van der Waals surface area contributed by atoms with E-state index >= 15 is 0 Å². The van der Waals surface area contributed by atoms with Crippen LogP contribution in [-0.4, -0.2) is 30.6 Å². The summed E-state index contributed by atoms with van der Waals surface area (Å²) in [6.07, 6.45) is 4.80. The van der Waals surface area contributed by atoms with Crippen molar-refractivity contribution in [2.24, 2.45) is 0 Å². The van der Waals surface area contributed by atoms with E-state index in [1.54, 1.807) is 12.1 Å². The largest absolute Gasteiger partial charge is 0.490 e. The minimum absolute atomic E-state index is 0.0585. The molecule has 0 aliphatic heterocycles. The molecule has 0 bridgehead atoms. The number of sulfonamides is 1. The van der Waals surface area contributed by atoms with Crippen LogP contribution >= 0.6 is 11.3 Å². The first-order valence-corrected chi connectivity index (χ1v) is 10.2. The molecule has 2 N–H and O–H groups in total. The van der Waals surface area contributed by atoms with Gasteiger partial charge >= 0.3 is 5.97 Å². The molecule has 25 heavy (non-hydrogen) atoms. The molecule has 9 heteroatoms. The van der Waals surface area contributed by atoms with Crippen LogP contribution in [0, 0.1) is 0 Å². The molecule has 0 amide bonds. The number of nitrogens with zero attached hydrogens (tertiary/aromatic N) is 1. The topological polar surface area (TPSA) is 106 Å². The Morgan fingerprint density at radius 1 is 1.28 bits per heavy atom. The van der Waals surface area contributed by atoms with Gasteiger partial charge in [-0.15, -0.1) is 11.3 Å². The summed E-state index contributed by atoms with van der Waals surface area (Å²) in [7, 11) is -3.93. The first kappa shape index (κ1) is 17.8. The standard InChI is InChI=1S/C16H18N2O5S2/c19-15(20)14-16(24-10-17-14)25(21,22)18-9-11-5-7-13(8-6-11)23-12-3-1-2-4-12/h5-8,10,12,18H,1-4,9H2,(H,19,20). The van der Waals surface area contributed by atoms with Crippen LogP contribution in [0.2, 0.25) is 0 Å². The van der Waals surface area contributed by atoms with Crippen LogP contribution in [0.5, 0.6) is 5.75 Å². The van der Waals surface area contributed by atoms with Gasteiger partial charge in [0.25, 0.3) is 10.0 Å². The van der Waals surface area contributed by atoms with Gasteiger partial charge in [0.1, 0.15) is 5.75 Å². The van der Waals surface area contributed by atoms with Crippen molar-refractivity contribution in [3.05, 3.63) is 41.0 Å². The van der Waals surface area contributed by atoms with Gasteiger partial charge in [-0.2, -0.15) is 0 Å². The molecule has 1 aliphatic carbocycles. The van der Waals surface area contributed by atoms with Crippen LogP contribution in [-0.2, 0) is 16.6 Å². The van der Waals surface area contributed by atoms with Gasteiger partial charge in [-0.05, 0) is 43.4 Å². The van der Waals surface area contributed by atoms with Crippen LogP contribution in [0.4, 0.5) is 0 Å². The van der Waals surface area contributed by atoms with Crippen molar-refractivity contribution in [1.29, 1.82) is 0 Å². The molecule has 0 spiro atoms. The number of carboxylic acid groups (broad SMARTS) is 1. The average Bonchev–Trinajstić information content (AvgIpc) is 3.26. The van der Waals surface area contributed by atoms with E-state index in [4.69, 9.17) is 9.84 Å². The fraction of sp³-hybridized carbons (Fsp3) is 0.375. The lowest BCUT2D eigenvalue weighted by Crippen LogP contribution is -2.24. The van der Waals surface area contributed by atoms with Crippen molar-refractivity contribution in [2.75, 3.05) is 0 Å². The van der Waals surface area contributed by atoms with Crippen molar-refractivity contribution in [1.82, 2.24) is 9.71 Å². The third kappa shape index (κ3) is 4.36. The minimum atomic E-state index is -3.93. The van der Waals surface area contributed by atoms with Gasteiger partial charge < -0.3 is 9.84 Å². The van der Waals surface area contributed by atoms with Crippen molar-refractivity contribution < 1.29 is 23.1 Å². The predicted octanol–water partition coefficient (Wildman–Crippen LogP) is 2.64. The van der Waals surface area contributed by atoms with Crippen molar-refractivity contribution in [3.8, 4) is 5.75 Å². The molecule has 1 aromatic heterocycles. The summed E-state index contributed by atoms with van der Waals surface area (Å²) in [5.74, 6) is -0.593. The molecule has 1 heterocycles. The van der Waals surface area contributed by atoms with Gasteiger partial charge in [-0.1, -0.05) is 12.1 Å². The van der Waals surface area contributed by atoms with E-state index in [2.05, 4.69) is 9.71 Å². The minimum Gasteiger partial charge on any atom is -0.490 e. The number of carbonyl (C=O) groups is 1. The van der Waals surface area contributed by atoms with Gasteiger partial charge in [-0.3, -0.25) is 0 Å². The van der Waals surface area contributed by atoms with Gasteiger partial charge in [0.05, 0.1) is 11.6 Å². The molecule has 134 valence electrons. The van der Waals surface area contributed by atoms with E-state index in [9.17, 15) is 13.2 Å². The summed E-state index contributed by atoms with van der Waals surface area (Å²) in [5, 5.41) is 8.99. The summed E-state index contributed by atoms with van der Waals surface area (Å²) in [4.78, 5) is 14.6. The number of hydrogen-bond acceptors (Lipinski definition) is 6. The highest BCUT2D eigenvalue weighted by Crippen LogP contribution is 2.24. The van der Waals surface area contributed by atoms with Crippen molar-refractivity contribution in [3.63, 3.8) is 0 Å². The molecule has 1 fully saturated rings. The zero-order chi connectivity index (χ0) is 17.9. The Labute approximate surface area is 149 Å². The molecule has 7 nitrogen and oxygen atoms in total. The maximum atomic E-state index is 12.3. The third-order valence-corrected chi connectivity index (χ3v) is 6.75. The lowest BCUT2D eigenvalue weighted by Gasteiger charge is -2.13. The van der Waals surface area contributed by atoms with Crippen LogP contribution in [0.1, 0.15) is 41.7 Å². The summed E-state index contributed by atoms with van der Waals surface area (Å²) in [6, 6.07) is 7.21. The molecule has 3 rings (SSSR count). The Bertz CT molecular complexity index is 840. The highest BCUT2D eigenvalue weighted by atomic mass is 32.2.